The first-order chi connectivity index (χ1) is 14.9. The summed E-state index contributed by atoms with van der Waals surface area (Å²) in [5.41, 5.74) is 4.43. The monoisotopic (exact) mass is 455 g/mol. The van der Waals surface area contributed by atoms with E-state index in [1.54, 1.807) is 6.08 Å². The lowest BCUT2D eigenvalue weighted by Crippen LogP contribution is -2.24. The third-order valence-corrected chi connectivity index (χ3v) is 7.72. The van der Waals surface area contributed by atoms with Crippen LogP contribution >= 0.6 is 0 Å². The molecule has 0 amide bonds. The smallest absolute Gasteiger partial charge is 0.234 e. The van der Waals surface area contributed by atoms with Crippen LogP contribution in [-0.2, 0) is 39.5 Å². The maximum Gasteiger partial charge on any atom is 0.234 e. The van der Waals surface area contributed by atoms with Crippen molar-refractivity contribution in [3.8, 4) is 0 Å². The Kier molecular flexibility index (Phi) is 6.50. The molecular formula is C23H25N3O3S2. The van der Waals surface area contributed by atoms with Crippen molar-refractivity contribution in [1.29, 1.82) is 0 Å². The van der Waals surface area contributed by atoms with Crippen LogP contribution in [0.5, 0.6) is 0 Å². The molecule has 0 aliphatic carbocycles. The van der Waals surface area contributed by atoms with Crippen LogP contribution < -0.4 is 4.72 Å². The molecule has 0 saturated carbocycles. The largest absolute Gasteiger partial charge is 0.260 e. The number of hydrogen-bond acceptors (Lipinski definition) is 4. The summed E-state index contributed by atoms with van der Waals surface area (Å²) in [4.78, 5) is 0. The molecule has 1 aliphatic rings. The minimum atomic E-state index is -3.68. The predicted octanol–water partition coefficient (Wildman–Crippen LogP) is 3.39. The summed E-state index contributed by atoms with van der Waals surface area (Å²) in [6.07, 6.45) is 2.22. The zero-order chi connectivity index (χ0) is 21.8. The highest BCUT2D eigenvalue weighted by Gasteiger charge is 2.23. The molecule has 3 aromatic rings. The van der Waals surface area contributed by atoms with Crippen molar-refractivity contribution in [3.05, 3.63) is 94.1 Å². The highest BCUT2D eigenvalue weighted by molar-refractivity contribution is 7.92. The van der Waals surface area contributed by atoms with Gasteiger partial charge in [-0.1, -0.05) is 60.7 Å². The molecule has 0 fully saturated rings. The molecule has 1 N–H and O–H groups in total. The lowest BCUT2D eigenvalue weighted by molar-refractivity contribution is 0.576. The second-order valence-corrected chi connectivity index (χ2v) is 10.8. The Hall–Kier alpha value is -2.55. The van der Waals surface area contributed by atoms with Crippen molar-refractivity contribution < 1.29 is 12.6 Å². The van der Waals surface area contributed by atoms with E-state index in [0.717, 1.165) is 22.4 Å². The molecule has 162 valence electrons. The molecule has 2 heterocycles. The fourth-order valence-corrected chi connectivity index (χ4v) is 5.90. The number of hydrogen-bond donors (Lipinski definition) is 1. The summed E-state index contributed by atoms with van der Waals surface area (Å²) in [6, 6.07) is 19.0. The highest BCUT2D eigenvalue weighted by Crippen LogP contribution is 2.24. The molecule has 0 bridgehead atoms. The Morgan fingerprint density at radius 3 is 2.52 bits per heavy atom. The zero-order valence-corrected chi connectivity index (χ0v) is 18.9. The molecule has 0 saturated heterocycles. The van der Waals surface area contributed by atoms with Crippen LogP contribution in [0.15, 0.2) is 66.1 Å². The van der Waals surface area contributed by atoms with Crippen LogP contribution in [0.25, 0.3) is 6.08 Å². The van der Waals surface area contributed by atoms with Crippen LogP contribution in [0, 0.1) is 0 Å². The fourth-order valence-electron chi connectivity index (χ4n) is 3.68. The molecule has 2 atom stereocenters. The third-order valence-electron chi connectivity index (χ3n) is 5.27. The average Bonchev–Trinajstić information content (AvgIpc) is 3.09. The van der Waals surface area contributed by atoms with Gasteiger partial charge in [0.1, 0.15) is 0 Å². The molecule has 1 aromatic heterocycles. The van der Waals surface area contributed by atoms with Crippen molar-refractivity contribution in [1.82, 2.24) is 14.5 Å². The Labute approximate surface area is 185 Å². The van der Waals surface area contributed by atoms with Gasteiger partial charge in [0.15, 0.2) is 0 Å². The van der Waals surface area contributed by atoms with Gasteiger partial charge in [-0.05, 0) is 24.1 Å². The van der Waals surface area contributed by atoms with Crippen molar-refractivity contribution in [2.24, 2.45) is 0 Å². The number of nitrogens with zero attached hydrogens (tertiary/aromatic N) is 2. The van der Waals surface area contributed by atoms with E-state index in [-0.39, 0.29) is 6.04 Å². The van der Waals surface area contributed by atoms with Gasteiger partial charge in [0.2, 0.25) is 10.0 Å². The van der Waals surface area contributed by atoms with Gasteiger partial charge >= 0.3 is 0 Å². The first kappa shape index (κ1) is 21.7. The third kappa shape index (κ3) is 5.39. The molecule has 0 spiro atoms. The van der Waals surface area contributed by atoms with Crippen molar-refractivity contribution in [3.63, 3.8) is 0 Å². The minimum absolute atomic E-state index is 0.355. The van der Waals surface area contributed by atoms with Crippen LogP contribution in [0.4, 0.5) is 0 Å². The molecule has 0 radical (unpaired) electrons. The molecule has 31 heavy (non-hydrogen) atoms. The van der Waals surface area contributed by atoms with Gasteiger partial charge in [0.25, 0.3) is 0 Å². The van der Waals surface area contributed by atoms with Gasteiger partial charge in [0, 0.05) is 40.0 Å². The topological polar surface area (TPSA) is 81.1 Å². The van der Waals surface area contributed by atoms with Crippen LogP contribution in [0.2, 0.25) is 0 Å². The lowest BCUT2D eigenvalue weighted by atomic mass is 10.1. The number of sulfonamides is 1. The van der Waals surface area contributed by atoms with E-state index in [0.29, 0.717) is 30.2 Å². The Bertz CT molecular complexity index is 1200. The SMILES string of the molecule is C[C@@H](NS(=O)(=O)C=Cc1c2c(nn1Cc1ccccc1)CCS(=O)C2)c1ccccc1. The van der Waals surface area contributed by atoms with E-state index in [1.807, 2.05) is 72.3 Å². The molecule has 1 aliphatic heterocycles. The Morgan fingerprint density at radius 2 is 1.81 bits per heavy atom. The summed E-state index contributed by atoms with van der Waals surface area (Å²) < 4.78 is 42.1. The second kappa shape index (κ2) is 9.30. The Morgan fingerprint density at radius 1 is 1.13 bits per heavy atom. The first-order valence-corrected chi connectivity index (χ1v) is 13.2. The molecule has 2 aromatic carbocycles. The summed E-state index contributed by atoms with van der Waals surface area (Å²) >= 11 is 0. The fraction of sp³-hybridized carbons (Fsp3) is 0.261. The zero-order valence-electron chi connectivity index (χ0n) is 17.3. The summed E-state index contributed by atoms with van der Waals surface area (Å²) in [5, 5.41) is 5.89. The standard InChI is InChI=1S/C23H25N3O3S2/c1-18(20-10-6-3-7-11-20)25-31(28,29)15-13-23-21-17-30(27)14-12-22(21)24-26(23)16-19-8-4-2-5-9-19/h2-11,13,15,18,25H,12,14,16-17H2,1H3/t18-,30?/m1/s1. The van der Waals surface area contributed by atoms with Crippen molar-refractivity contribution >= 4 is 26.9 Å². The van der Waals surface area contributed by atoms with E-state index in [1.165, 1.54) is 5.41 Å². The summed E-state index contributed by atoms with van der Waals surface area (Å²) in [7, 11) is -4.64. The maximum atomic E-state index is 12.7. The summed E-state index contributed by atoms with van der Waals surface area (Å²) in [6.45, 7) is 2.33. The van der Waals surface area contributed by atoms with Crippen LogP contribution in [0.3, 0.4) is 0 Å². The van der Waals surface area contributed by atoms with Gasteiger partial charge in [-0.25, -0.2) is 13.1 Å². The van der Waals surface area contributed by atoms with E-state index in [4.69, 9.17) is 5.10 Å². The molecular weight excluding hydrogens is 430 g/mol. The Balaban J connectivity index is 1.62. The number of nitrogens with one attached hydrogen (secondary N) is 1. The summed E-state index contributed by atoms with van der Waals surface area (Å²) in [5.74, 6) is 0.991. The van der Waals surface area contributed by atoms with Gasteiger partial charge in [0.05, 0.1) is 23.7 Å². The highest BCUT2D eigenvalue weighted by atomic mass is 32.2. The van der Waals surface area contributed by atoms with E-state index < -0.39 is 20.8 Å². The first-order valence-electron chi connectivity index (χ1n) is 10.1. The van der Waals surface area contributed by atoms with Crippen molar-refractivity contribution in [2.75, 3.05) is 5.75 Å². The van der Waals surface area contributed by atoms with Gasteiger partial charge < -0.3 is 0 Å². The van der Waals surface area contributed by atoms with Gasteiger partial charge in [-0.2, -0.15) is 5.10 Å². The normalized spacial score (nSPS) is 17.5. The average molecular weight is 456 g/mol. The molecule has 4 rings (SSSR count). The minimum Gasteiger partial charge on any atom is -0.260 e. The second-order valence-electron chi connectivity index (χ2n) is 7.59. The molecule has 1 unspecified atom stereocenters. The predicted molar refractivity (Wildman–Crippen MR) is 124 cm³/mol. The van der Waals surface area contributed by atoms with E-state index >= 15 is 0 Å². The van der Waals surface area contributed by atoms with Crippen LogP contribution in [-0.4, -0.2) is 28.2 Å². The number of fused-ring (bicyclic) bond motifs is 1. The number of benzene rings is 2. The number of aromatic nitrogens is 2. The maximum absolute atomic E-state index is 12.7. The number of aryl methyl sites for hydroxylation is 1. The number of rotatable bonds is 7. The van der Waals surface area contributed by atoms with Gasteiger partial charge in [-0.15, -0.1) is 0 Å². The van der Waals surface area contributed by atoms with Crippen molar-refractivity contribution in [2.45, 2.75) is 31.7 Å². The molecule has 6 nitrogen and oxygen atoms in total. The quantitative estimate of drug-likeness (QED) is 0.592. The van der Waals surface area contributed by atoms with E-state index in [9.17, 15) is 12.6 Å². The lowest BCUT2D eigenvalue weighted by Gasteiger charge is -2.13. The van der Waals surface area contributed by atoms with E-state index in [2.05, 4.69) is 4.72 Å². The molecule has 8 heteroatoms. The van der Waals surface area contributed by atoms with Gasteiger partial charge in [-0.3, -0.25) is 8.89 Å². The van der Waals surface area contributed by atoms with Crippen LogP contribution in [0.1, 0.15) is 41.0 Å².